The summed E-state index contributed by atoms with van der Waals surface area (Å²) in [7, 11) is 1.27. The quantitative estimate of drug-likeness (QED) is 0.635. The zero-order valence-electron chi connectivity index (χ0n) is 14.1. The van der Waals surface area contributed by atoms with Gasteiger partial charge in [0.05, 0.1) is 18.6 Å². The van der Waals surface area contributed by atoms with Crippen molar-refractivity contribution in [3.05, 3.63) is 22.8 Å². The SMILES string of the molecule is COC(=O)C1(C(O)c2ccc(Cl)nc2NC(=O)OC(C)(C)C)CC1. The summed E-state index contributed by atoms with van der Waals surface area (Å²) < 4.78 is 9.95. The number of ether oxygens (including phenoxy) is 2. The molecule has 1 heterocycles. The summed E-state index contributed by atoms with van der Waals surface area (Å²) in [5.74, 6) is -0.437. The third-order valence-corrected chi connectivity index (χ3v) is 3.92. The van der Waals surface area contributed by atoms with Crippen LogP contribution >= 0.6 is 11.6 Å². The van der Waals surface area contributed by atoms with Gasteiger partial charge < -0.3 is 14.6 Å². The Morgan fingerprint density at radius 2 is 2.00 bits per heavy atom. The summed E-state index contributed by atoms with van der Waals surface area (Å²) >= 11 is 5.88. The van der Waals surface area contributed by atoms with Gasteiger partial charge in [0, 0.05) is 5.56 Å². The average molecular weight is 357 g/mol. The van der Waals surface area contributed by atoms with E-state index >= 15 is 0 Å². The van der Waals surface area contributed by atoms with Crippen LogP contribution in [0.4, 0.5) is 10.6 Å². The molecule has 0 radical (unpaired) electrons. The molecule has 0 aromatic carbocycles. The summed E-state index contributed by atoms with van der Waals surface area (Å²) in [4.78, 5) is 28.0. The molecule has 2 rings (SSSR count). The van der Waals surface area contributed by atoms with Crippen molar-refractivity contribution in [1.29, 1.82) is 0 Å². The molecule has 8 heteroatoms. The number of aromatic nitrogens is 1. The first-order valence-corrected chi connectivity index (χ1v) is 7.90. The number of esters is 1. The number of pyridine rings is 1. The molecule has 1 aromatic rings. The number of aliphatic hydroxyl groups is 1. The predicted octanol–water partition coefficient (Wildman–Crippen LogP) is 3.07. The number of methoxy groups -OCH3 is 1. The topological polar surface area (TPSA) is 97.8 Å². The number of nitrogens with zero attached hydrogens (tertiary/aromatic N) is 1. The Labute approximate surface area is 145 Å². The molecule has 1 aliphatic carbocycles. The van der Waals surface area contributed by atoms with Crippen molar-refractivity contribution in [1.82, 2.24) is 4.98 Å². The molecular weight excluding hydrogens is 336 g/mol. The molecule has 1 unspecified atom stereocenters. The minimum atomic E-state index is -1.17. The summed E-state index contributed by atoms with van der Waals surface area (Å²) in [6, 6.07) is 3.00. The lowest BCUT2D eigenvalue weighted by Gasteiger charge is -2.23. The van der Waals surface area contributed by atoms with E-state index in [1.54, 1.807) is 20.8 Å². The van der Waals surface area contributed by atoms with E-state index in [2.05, 4.69) is 10.3 Å². The van der Waals surface area contributed by atoms with Crippen LogP contribution in [0.3, 0.4) is 0 Å². The molecule has 1 atom stereocenters. The molecule has 1 aromatic heterocycles. The molecule has 1 amide bonds. The van der Waals surface area contributed by atoms with Crippen LogP contribution in [-0.2, 0) is 14.3 Å². The molecule has 0 saturated heterocycles. The molecular formula is C16H21ClN2O5. The Kier molecular flexibility index (Phi) is 5.05. The van der Waals surface area contributed by atoms with Gasteiger partial charge in [0.25, 0.3) is 0 Å². The highest BCUT2D eigenvalue weighted by Crippen LogP contribution is 2.56. The second-order valence-corrected chi connectivity index (χ2v) is 7.14. The molecule has 1 fully saturated rings. The van der Waals surface area contributed by atoms with Gasteiger partial charge in [0.1, 0.15) is 16.6 Å². The monoisotopic (exact) mass is 356 g/mol. The van der Waals surface area contributed by atoms with E-state index < -0.39 is 29.2 Å². The molecule has 2 N–H and O–H groups in total. The third kappa shape index (κ3) is 3.96. The van der Waals surface area contributed by atoms with Crippen LogP contribution in [0.1, 0.15) is 45.3 Å². The maximum atomic E-state index is 12.0. The van der Waals surface area contributed by atoms with E-state index in [0.717, 1.165) is 0 Å². The number of hydrogen-bond donors (Lipinski definition) is 2. The number of anilines is 1. The Morgan fingerprint density at radius 3 is 2.50 bits per heavy atom. The molecule has 1 aliphatic rings. The average Bonchev–Trinajstić information content (AvgIpc) is 3.25. The number of hydrogen-bond acceptors (Lipinski definition) is 6. The van der Waals surface area contributed by atoms with E-state index in [1.807, 2.05) is 0 Å². The normalized spacial score (nSPS) is 16.9. The van der Waals surface area contributed by atoms with Crippen molar-refractivity contribution >= 4 is 29.5 Å². The van der Waals surface area contributed by atoms with Gasteiger partial charge >= 0.3 is 12.1 Å². The highest BCUT2D eigenvalue weighted by molar-refractivity contribution is 6.29. The minimum Gasteiger partial charge on any atom is -0.469 e. The predicted molar refractivity (Wildman–Crippen MR) is 87.7 cm³/mol. The standard InChI is InChI=1S/C16H21ClN2O5/c1-15(2,3)24-14(22)19-12-9(5-6-10(17)18-12)11(20)16(7-8-16)13(21)23-4/h5-6,11,20H,7-8H2,1-4H3,(H,18,19,22). The van der Waals surface area contributed by atoms with Crippen molar-refractivity contribution in [2.45, 2.75) is 45.3 Å². The van der Waals surface area contributed by atoms with Gasteiger partial charge in [-0.3, -0.25) is 10.1 Å². The van der Waals surface area contributed by atoms with Gasteiger partial charge in [-0.1, -0.05) is 11.6 Å². The van der Waals surface area contributed by atoms with Crippen LogP contribution < -0.4 is 5.32 Å². The number of nitrogens with one attached hydrogen (secondary N) is 1. The van der Waals surface area contributed by atoms with Gasteiger partial charge in [-0.25, -0.2) is 9.78 Å². The second-order valence-electron chi connectivity index (χ2n) is 6.75. The fraction of sp³-hybridized carbons (Fsp3) is 0.562. The van der Waals surface area contributed by atoms with Crippen molar-refractivity contribution < 1.29 is 24.2 Å². The first kappa shape index (κ1) is 18.5. The summed E-state index contributed by atoms with van der Waals surface area (Å²) in [5.41, 5.74) is -1.41. The third-order valence-electron chi connectivity index (χ3n) is 3.71. The number of amides is 1. The lowest BCUT2D eigenvalue weighted by atomic mass is 9.93. The van der Waals surface area contributed by atoms with Crippen molar-refractivity contribution in [2.24, 2.45) is 5.41 Å². The summed E-state index contributed by atoms with van der Waals surface area (Å²) in [6.45, 7) is 5.18. The molecule has 132 valence electrons. The Bertz CT molecular complexity index is 652. The zero-order chi connectivity index (χ0) is 18.1. The van der Waals surface area contributed by atoms with E-state index in [9.17, 15) is 14.7 Å². The Hall–Kier alpha value is -1.86. The fourth-order valence-corrected chi connectivity index (χ4v) is 2.54. The molecule has 0 aliphatic heterocycles. The largest absolute Gasteiger partial charge is 0.469 e. The van der Waals surface area contributed by atoms with Gasteiger partial charge in [-0.05, 0) is 45.7 Å². The van der Waals surface area contributed by atoms with Crippen LogP contribution in [-0.4, -0.2) is 34.9 Å². The zero-order valence-corrected chi connectivity index (χ0v) is 14.8. The fourth-order valence-electron chi connectivity index (χ4n) is 2.39. The van der Waals surface area contributed by atoms with Crippen LogP contribution in [0.5, 0.6) is 0 Å². The van der Waals surface area contributed by atoms with E-state index in [0.29, 0.717) is 12.8 Å². The lowest BCUT2D eigenvalue weighted by molar-refractivity contribution is -0.152. The second kappa shape index (κ2) is 6.57. The highest BCUT2D eigenvalue weighted by Gasteiger charge is 2.57. The van der Waals surface area contributed by atoms with Gasteiger partial charge in [-0.2, -0.15) is 0 Å². The van der Waals surface area contributed by atoms with E-state index in [4.69, 9.17) is 21.1 Å². The summed E-state index contributed by atoms with van der Waals surface area (Å²) in [6.07, 6.45) is -0.904. The smallest absolute Gasteiger partial charge is 0.413 e. The molecule has 1 saturated carbocycles. The molecule has 24 heavy (non-hydrogen) atoms. The first-order valence-electron chi connectivity index (χ1n) is 7.52. The minimum absolute atomic E-state index is 0.0550. The lowest BCUT2D eigenvalue weighted by Crippen LogP contribution is -2.29. The van der Waals surface area contributed by atoms with Gasteiger partial charge in [-0.15, -0.1) is 0 Å². The first-order chi connectivity index (χ1) is 11.1. The van der Waals surface area contributed by atoms with E-state index in [1.165, 1.54) is 19.2 Å². The molecule has 0 bridgehead atoms. The summed E-state index contributed by atoms with van der Waals surface area (Å²) in [5, 5.41) is 13.3. The van der Waals surface area contributed by atoms with Crippen molar-refractivity contribution in [3.63, 3.8) is 0 Å². The van der Waals surface area contributed by atoms with Crippen molar-refractivity contribution in [3.8, 4) is 0 Å². The number of carbonyl (C=O) groups is 2. The van der Waals surface area contributed by atoms with Crippen LogP contribution in [0.25, 0.3) is 0 Å². The highest BCUT2D eigenvalue weighted by atomic mass is 35.5. The van der Waals surface area contributed by atoms with E-state index in [-0.39, 0.29) is 16.5 Å². The number of aliphatic hydroxyl groups excluding tert-OH is 1. The van der Waals surface area contributed by atoms with Crippen LogP contribution in [0.15, 0.2) is 12.1 Å². The number of halogens is 1. The van der Waals surface area contributed by atoms with Crippen LogP contribution in [0.2, 0.25) is 5.15 Å². The molecule has 0 spiro atoms. The van der Waals surface area contributed by atoms with Crippen LogP contribution in [0, 0.1) is 5.41 Å². The van der Waals surface area contributed by atoms with Gasteiger partial charge in [0.2, 0.25) is 0 Å². The Morgan fingerprint density at radius 1 is 1.38 bits per heavy atom. The van der Waals surface area contributed by atoms with Crippen molar-refractivity contribution in [2.75, 3.05) is 12.4 Å². The van der Waals surface area contributed by atoms with Gasteiger partial charge in [0.15, 0.2) is 0 Å². The number of carbonyl (C=O) groups excluding carboxylic acids is 2. The maximum Gasteiger partial charge on any atom is 0.413 e. The number of rotatable bonds is 4. The Balaban J connectivity index is 2.28. The maximum absolute atomic E-state index is 12.0. The molecule has 7 nitrogen and oxygen atoms in total.